The zero-order valence-corrected chi connectivity index (χ0v) is 18.0. The second-order valence-corrected chi connectivity index (χ2v) is 7.28. The Bertz CT molecular complexity index is 921. The SMILES string of the molecule is CCN1CCN(C(=O)c2ccc(C)c(NC(=O)c3ccc(OC)cc3OC)c2)CC1. The predicted octanol–water partition coefficient (Wildman–Crippen LogP) is 3.04. The molecule has 160 valence electrons. The lowest BCUT2D eigenvalue weighted by molar-refractivity contribution is 0.0643. The van der Waals surface area contributed by atoms with Crippen molar-refractivity contribution in [3.8, 4) is 11.5 Å². The van der Waals surface area contributed by atoms with Gasteiger partial charge in [-0.2, -0.15) is 0 Å². The van der Waals surface area contributed by atoms with Crippen LogP contribution in [0.2, 0.25) is 0 Å². The van der Waals surface area contributed by atoms with Gasteiger partial charge in [0.05, 0.1) is 19.8 Å². The zero-order chi connectivity index (χ0) is 21.7. The van der Waals surface area contributed by atoms with Crippen LogP contribution in [0.1, 0.15) is 33.2 Å². The third kappa shape index (κ3) is 4.74. The number of hydrogen-bond donors (Lipinski definition) is 1. The average molecular weight is 412 g/mol. The Balaban J connectivity index is 1.77. The lowest BCUT2D eigenvalue weighted by Crippen LogP contribution is -2.48. The Morgan fingerprint density at radius 2 is 1.73 bits per heavy atom. The summed E-state index contributed by atoms with van der Waals surface area (Å²) in [6.45, 7) is 8.22. The molecule has 2 aromatic carbocycles. The first-order valence-electron chi connectivity index (χ1n) is 10.1. The van der Waals surface area contributed by atoms with E-state index < -0.39 is 0 Å². The number of benzene rings is 2. The summed E-state index contributed by atoms with van der Waals surface area (Å²) in [5.74, 6) is 0.711. The second-order valence-electron chi connectivity index (χ2n) is 7.28. The van der Waals surface area contributed by atoms with Gasteiger partial charge >= 0.3 is 0 Å². The number of likely N-dealkylation sites (N-methyl/N-ethyl adjacent to an activating group) is 1. The van der Waals surface area contributed by atoms with Gasteiger partial charge in [0, 0.05) is 43.5 Å². The fourth-order valence-corrected chi connectivity index (χ4v) is 3.52. The molecule has 30 heavy (non-hydrogen) atoms. The highest BCUT2D eigenvalue weighted by Crippen LogP contribution is 2.26. The van der Waals surface area contributed by atoms with E-state index in [0.29, 0.717) is 41.4 Å². The number of ether oxygens (including phenoxy) is 2. The third-order valence-corrected chi connectivity index (χ3v) is 5.49. The molecule has 1 aliphatic rings. The van der Waals surface area contributed by atoms with E-state index in [2.05, 4.69) is 17.1 Å². The lowest BCUT2D eigenvalue weighted by atomic mass is 10.1. The van der Waals surface area contributed by atoms with Crippen LogP contribution in [0.25, 0.3) is 0 Å². The maximum atomic E-state index is 12.9. The molecule has 0 aromatic heterocycles. The molecule has 0 spiro atoms. The van der Waals surface area contributed by atoms with Gasteiger partial charge in [-0.25, -0.2) is 0 Å². The van der Waals surface area contributed by atoms with Crippen molar-refractivity contribution in [2.75, 3.05) is 52.3 Å². The molecular weight excluding hydrogens is 382 g/mol. The fraction of sp³-hybridized carbons (Fsp3) is 0.391. The number of nitrogens with zero attached hydrogens (tertiary/aromatic N) is 2. The summed E-state index contributed by atoms with van der Waals surface area (Å²) < 4.78 is 10.5. The summed E-state index contributed by atoms with van der Waals surface area (Å²) in [7, 11) is 3.07. The lowest BCUT2D eigenvalue weighted by Gasteiger charge is -2.34. The van der Waals surface area contributed by atoms with Crippen LogP contribution in [0.15, 0.2) is 36.4 Å². The van der Waals surface area contributed by atoms with Crippen LogP contribution in [0, 0.1) is 6.92 Å². The monoisotopic (exact) mass is 411 g/mol. The van der Waals surface area contributed by atoms with Gasteiger partial charge in [0.2, 0.25) is 0 Å². The first-order valence-corrected chi connectivity index (χ1v) is 10.1. The molecular formula is C23H29N3O4. The van der Waals surface area contributed by atoms with E-state index in [1.54, 1.807) is 31.4 Å². The van der Waals surface area contributed by atoms with Crippen molar-refractivity contribution in [1.29, 1.82) is 0 Å². The van der Waals surface area contributed by atoms with Gasteiger partial charge in [-0.1, -0.05) is 13.0 Å². The quantitative estimate of drug-likeness (QED) is 0.791. The van der Waals surface area contributed by atoms with E-state index in [4.69, 9.17) is 9.47 Å². The van der Waals surface area contributed by atoms with Crippen molar-refractivity contribution in [1.82, 2.24) is 9.80 Å². The summed E-state index contributed by atoms with van der Waals surface area (Å²) in [5, 5.41) is 2.91. The van der Waals surface area contributed by atoms with Gasteiger partial charge in [0.15, 0.2) is 0 Å². The topological polar surface area (TPSA) is 71.1 Å². The maximum Gasteiger partial charge on any atom is 0.259 e. The van der Waals surface area contributed by atoms with Crippen molar-refractivity contribution < 1.29 is 19.1 Å². The van der Waals surface area contributed by atoms with E-state index in [9.17, 15) is 9.59 Å². The van der Waals surface area contributed by atoms with Gasteiger partial charge < -0.3 is 24.6 Å². The van der Waals surface area contributed by atoms with Gasteiger partial charge in [0.1, 0.15) is 11.5 Å². The molecule has 1 saturated heterocycles. The smallest absolute Gasteiger partial charge is 0.259 e. The molecule has 1 aliphatic heterocycles. The van der Waals surface area contributed by atoms with Crippen molar-refractivity contribution >= 4 is 17.5 Å². The molecule has 3 rings (SSSR count). The van der Waals surface area contributed by atoms with Gasteiger partial charge in [0.25, 0.3) is 11.8 Å². The molecule has 0 aliphatic carbocycles. The highest BCUT2D eigenvalue weighted by atomic mass is 16.5. The third-order valence-electron chi connectivity index (χ3n) is 5.49. The number of carbonyl (C=O) groups excluding carboxylic acids is 2. The molecule has 0 saturated carbocycles. The average Bonchev–Trinajstić information content (AvgIpc) is 2.79. The van der Waals surface area contributed by atoms with E-state index in [0.717, 1.165) is 25.2 Å². The number of carbonyl (C=O) groups is 2. The minimum Gasteiger partial charge on any atom is -0.497 e. The van der Waals surface area contributed by atoms with Crippen LogP contribution >= 0.6 is 0 Å². The Morgan fingerprint density at radius 1 is 1.00 bits per heavy atom. The molecule has 1 fully saturated rings. The standard InChI is InChI=1S/C23H29N3O4/c1-5-25-10-12-26(13-11-25)23(28)17-7-6-16(2)20(14-17)24-22(27)19-9-8-18(29-3)15-21(19)30-4/h6-9,14-15H,5,10-13H2,1-4H3,(H,24,27). The molecule has 7 nitrogen and oxygen atoms in total. The highest BCUT2D eigenvalue weighted by molar-refractivity contribution is 6.07. The summed E-state index contributed by atoms with van der Waals surface area (Å²) in [5.41, 5.74) is 2.45. The fourth-order valence-electron chi connectivity index (χ4n) is 3.52. The van der Waals surface area contributed by atoms with Gasteiger partial charge in [-0.15, -0.1) is 0 Å². The van der Waals surface area contributed by atoms with Gasteiger partial charge in [-0.3, -0.25) is 9.59 Å². The molecule has 0 unspecified atom stereocenters. The number of anilines is 1. The Kier molecular flexibility index (Phi) is 6.95. The normalized spacial score (nSPS) is 14.3. The van der Waals surface area contributed by atoms with E-state index in [-0.39, 0.29) is 11.8 Å². The largest absolute Gasteiger partial charge is 0.497 e. The van der Waals surface area contributed by atoms with E-state index in [1.165, 1.54) is 7.11 Å². The number of methoxy groups -OCH3 is 2. The summed E-state index contributed by atoms with van der Waals surface area (Å²) >= 11 is 0. The first kappa shape index (κ1) is 21.6. The Morgan fingerprint density at radius 3 is 2.37 bits per heavy atom. The van der Waals surface area contributed by atoms with Crippen LogP contribution in [0.3, 0.4) is 0 Å². The minimum atomic E-state index is -0.307. The number of nitrogens with one attached hydrogen (secondary N) is 1. The van der Waals surface area contributed by atoms with Crippen LogP contribution in [0.4, 0.5) is 5.69 Å². The Hall–Kier alpha value is -3.06. The highest BCUT2D eigenvalue weighted by Gasteiger charge is 2.22. The first-order chi connectivity index (χ1) is 14.5. The van der Waals surface area contributed by atoms with E-state index in [1.807, 2.05) is 24.0 Å². The Labute approximate surface area is 177 Å². The van der Waals surface area contributed by atoms with Crippen LogP contribution < -0.4 is 14.8 Å². The van der Waals surface area contributed by atoms with E-state index >= 15 is 0 Å². The van der Waals surface area contributed by atoms with Crippen LogP contribution in [-0.2, 0) is 0 Å². The van der Waals surface area contributed by atoms with Crippen molar-refractivity contribution in [3.63, 3.8) is 0 Å². The zero-order valence-electron chi connectivity index (χ0n) is 18.0. The van der Waals surface area contributed by atoms with Crippen LogP contribution in [0.5, 0.6) is 11.5 Å². The number of rotatable bonds is 6. The predicted molar refractivity (Wildman–Crippen MR) is 117 cm³/mol. The molecule has 7 heteroatoms. The van der Waals surface area contributed by atoms with Crippen molar-refractivity contribution in [2.45, 2.75) is 13.8 Å². The number of hydrogen-bond acceptors (Lipinski definition) is 5. The van der Waals surface area contributed by atoms with Crippen molar-refractivity contribution in [2.24, 2.45) is 0 Å². The second kappa shape index (κ2) is 9.63. The number of aryl methyl sites for hydroxylation is 1. The molecule has 0 bridgehead atoms. The van der Waals surface area contributed by atoms with Crippen LogP contribution in [-0.4, -0.2) is 68.6 Å². The van der Waals surface area contributed by atoms with Crippen molar-refractivity contribution in [3.05, 3.63) is 53.1 Å². The molecule has 1 heterocycles. The summed E-state index contributed by atoms with van der Waals surface area (Å²) in [4.78, 5) is 30.0. The summed E-state index contributed by atoms with van der Waals surface area (Å²) in [6, 6.07) is 10.4. The summed E-state index contributed by atoms with van der Waals surface area (Å²) in [6.07, 6.45) is 0. The minimum absolute atomic E-state index is 0.0109. The maximum absolute atomic E-state index is 12.9. The molecule has 0 atom stereocenters. The molecule has 2 aromatic rings. The molecule has 2 amide bonds. The van der Waals surface area contributed by atoms with Gasteiger partial charge in [-0.05, 0) is 43.3 Å². The number of amides is 2. The number of piperazine rings is 1. The molecule has 0 radical (unpaired) electrons. The molecule has 1 N–H and O–H groups in total.